The fourth-order valence-electron chi connectivity index (χ4n) is 2.71. The van der Waals surface area contributed by atoms with Gasteiger partial charge in [-0.1, -0.05) is 20.8 Å². The quantitative estimate of drug-likeness (QED) is 0.256. The van der Waals surface area contributed by atoms with Crippen LogP contribution in [0.25, 0.3) is 5.82 Å². The minimum atomic E-state index is -1.81. The minimum Gasteiger partial charge on any atom is -0.472 e. The van der Waals surface area contributed by atoms with Crippen LogP contribution in [0.5, 0.6) is 5.88 Å². The van der Waals surface area contributed by atoms with Crippen molar-refractivity contribution in [3.63, 3.8) is 0 Å². The maximum absolute atomic E-state index is 11.6. The molecule has 0 bridgehead atoms. The molecule has 2 aromatic rings. The monoisotopic (exact) mass is 423 g/mol. The maximum atomic E-state index is 11.6. The van der Waals surface area contributed by atoms with Crippen molar-refractivity contribution >= 4 is 14.0 Å². The fraction of sp³-hybridized carbons (Fsp3) is 0.684. The summed E-state index contributed by atoms with van der Waals surface area (Å²) in [5.74, 6) is 0.711. The molecule has 162 valence electrons. The van der Waals surface area contributed by atoms with Gasteiger partial charge < -0.3 is 9.16 Å². The van der Waals surface area contributed by atoms with Gasteiger partial charge in [0.05, 0.1) is 17.2 Å². The van der Waals surface area contributed by atoms with Crippen molar-refractivity contribution < 1.29 is 14.1 Å². The Morgan fingerprint density at radius 1 is 1.21 bits per heavy atom. The smallest absolute Gasteiger partial charge is 0.353 e. The highest BCUT2D eigenvalue weighted by atomic mass is 28.4. The van der Waals surface area contributed by atoms with E-state index in [0.717, 1.165) is 5.69 Å². The molecule has 0 radical (unpaired) electrons. The SMILES string of the molecule is CCn1nc(C)cc1-n1nc(OCCCO[Si](C)(C)C(C)(C)C)c([N+](=O)[O-])c1C. The zero-order valence-corrected chi connectivity index (χ0v) is 19.8. The first kappa shape index (κ1) is 23.1. The Morgan fingerprint density at radius 3 is 2.41 bits per heavy atom. The molecule has 0 aliphatic rings. The summed E-state index contributed by atoms with van der Waals surface area (Å²) in [6, 6.07) is 1.85. The van der Waals surface area contributed by atoms with Gasteiger partial charge in [0.1, 0.15) is 5.69 Å². The molecule has 2 heterocycles. The zero-order valence-electron chi connectivity index (χ0n) is 18.8. The zero-order chi connectivity index (χ0) is 22.0. The van der Waals surface area contributed by atoms with Crippen LogP contribution < -0.4 is 4.74 Å². The molecule has 0 saturated heterocycles. The average molecular weight is 424 g/mol. The summed E-state index contributed by atoms with van der Waals surface area (Å²) in [7, 11) is -1.81. The summed E-state index contributed by atoms with van der Waals surface area (Å²) in [6.07, 6.45) is 0.640. The maximum Gasteiger partial charge on any atom is 0.353 e. The van der Waals surface area contributed by atoms with Crippen molar-refractivity contribution in [2.24, 2.45) is 0 Å². The van der Waals surface area contributed by atoms with Gasteiger partial charge in [-0.05, 0) is 38.9 Å². The first-order valence-corrected chi connectivity index (χ1v) is 12.9. The number of hydrogen-bond donors (Lipinski definition) is 0. The van der Waals surface area contributed by atoms with Gasteiger partial charge in [0.25, 0.3) is 0 Å². The third-order valence-corrected chi connectivity index (χ3v) is 9.97. The summed E-state index contributed by atoms with van der Waals surface area (Å²) >= 11 is 0. The van der Waals surface area contributed by atoms with Crippen molar-refractivity contribution in [2.45, 2.75) is 72.6 Å². The molecule has 0 spiro atoms. The molecule has 0 N–H and O–H groups in total. The van der Waals surface area contributed by atoms with Gasteiger partial charge in [-0.15, -0.1) is 5.10 Å². The van der Waals surface area contributed by atoms with Crippen molar-refractivity contribution in [3.05, 3.63) is 27.6 Å². The summed E-state index contributed by atoms with van der Waals surface area (Å²) in [6.45, 7) is 18.0. The third-order valence-electron chi connectivity index (χ3n) is 5.43. The fourth-order valence-corrected chi connectivity index (χ4v) is 3.79. The molecule has 0 fully saturated rings. The van der Waals surface area contributed by atoms with Crippen LogP contribution in [0.4, 0.5) is 5.69 Å². The molecule has 9 nitrogen and oxygen atoms in total. The standard InChI is InChI=1S/C19H33N5O4Si/c1-9-22-16(13-14(2)20-22)23-15(3)17(24(25)26)18(21-23)27-11-10-12-28-29(7,8)19(4,5)6/h13H,9-12H2,1-8H3. The predicted octanol–water partition coefficient (Wildman–Crippen LogP) is 4.40. The number of aryl methyl sites for hydroxylation is 2. The van der Waals surface area contributed by atoms with E-state index < -0.39 is 13.2 Å². The Balaban J connectivity index is 2.12. The number of hydrogen-bond acceptors (Lipinski definition) is 6. The van der Waals surface area contributed by atoms with E-state index in [1.54, 1.807) is 11.6 Å². The van der Waals surface area contributed by atoms with Crippen LogP contribution in [0.3, 0.4) is 0 Å². The van der Waals surface area contributed by atoms with Gasteiger partial charge in [-0.25, -0.2) is 9.36 Å². The number of aromatic nitrogens is 4. The lowest BCUT2D eigenvalue weighted by molar-refractivity contribution is -0.386. The molecule has 2 rings (SSSR count). The Kier molecular flexibility index (Phi) is 6.89. The van der Waals surface area contributed by atoms with E-state index in [-0.39, 0.29) is 16.6 Å². The summed E-state index contributed by atoms with van der Waals surface area (Å²) in [4.78, 5) is 11.2. The summed E-state index contributed by atoms with van der Waals surface area (Å²) < 4.78 is 15.1. The highest BCUT2D eigenvalue weighted by Gasteiger charge is 2.37. The largest absolute Gasteiger partial charge is 0.472 e. The Hall–Kier alpha value is -2.20. The second kappa shape index (κ2) is 8.66. The van der Waals surface area contributed by atoms with E-state index in [4.69, 9.17) is 9.16 Å². The van der Waals surface area contributed by atoms with Gasteiger partial charge in [0.2, 0.25) is 0 Å². The van der Waals surface area contributed by atoms with E-state index in [1.807, 2.05) is 19.9 Å². The first-order valence-electron chi connectivity index (χ1n) is 9.94. The van der Waals surface area contributed by atoms with E-state index >= 15 is 0 Å². The third kappa shape index (κ3) is 5.05. The summed E-state index contributed by atoms with van der Waals surface area (Å²) in [5, 5.41) is 20.5. The number of ether oxygens (including phenoxy) is 1. The molecular formula is C19H33N5O4Si. The van der Waals surface area contributed by atoms with Crippen LogP contribution in [0.1, 0.15) is 45.5 Å². The highest BCUT2D eigenvalue weighted by Crippen LogP contribution is 2.36. The van der Waals surface area contributed by atoms with Crippen LogP contribution in [-0.2, 0) is 11.0 Å². The molecule has 0 aliphatic carbocycles. The van der Waals surface area contributed by atoms with Gasteiger partial charge in [0, 0.05) is 25.6 Å². The summed E-state index contributed by atoms with van der Waals surface area (Å²) in [5.41, 5.74) is 1.12. The van der Waals surface area contributed by atoms with E-state index in [9.17, 15) is 10.1 Å². The van der Waals surface area contributed by atoms with Crippen LogP contribution in [-0.4, -0.2) is 46.0 Å². The van der Waals surface area contributed by atoms with Crippen LogP contribution in [0.15, 0.2) is 6.07 Å². The minimum absolute atomic E-state index is 0.0290. The molecule has 0 aromatic carbocycles. The second-order valence-corrected chi connectivity index (χ2v) is 13.5. The number of rotatable bonds is 9. The molecule has 0 saturated carbocycles. The van der Waals surface area contributed by atoms with Crippen molar-refractivity contribution in [1.29, 1.82) is 0 Å². The molecule has 0 atom stereocenters. The molecule has 0 unspecified atom stereocenters. The van der Waals surface area contributed by atoms with Crippen molar-refractivity contribution in [2.75, 3.05) is 13.2 Å². The molecule has 10 heteroatoms. The number of nitrogens with zero attached hydrogens (tertiary/aromatic N) is 5. The average Bonchev–Trinajstić information content (AvgIpc) is 3.12. The predicted molar refractivity (Wildman–Crippen MR) is 114 cm³/mol. The van der Waals surface area contributed by atoms with Crippen molar-refractivity contribution in [3.8, 4) is 11.7 Å². The van der Waals surface area contributed by atoms with Gasteiger partial charge >= 0.3 is 11.6 Å². The molecule has 0 aliphatic heterocycles. The normalized spacial score (nSPS) is 12.4. The van der Waals surface area contributed by atoms with Gasteiger partial charge in [0.15, 0.2) is 14.1 Å². The Labute approximate surface area is 173 Å². The van der Waals surface area contributed by atoms with Crippen LogP contribution >= 0.6 is 0 Å². The number of nitro groups is 1. The lowest BCUT2D eigenvalue weighted by Crippen LogP contribution is -2.41. The van der Waals surface area contributed by atoms with Crippen molar-refractivity contribution in [1.82, 2.24) is 19.6 Å². The van der Waals surface area contributed by atoms with E-state index in [2.05, 4.69) is 44.1 Å². The van der Waals surface area contributed by atoms with E-state index in [1.165, 1.54) is 4.68 Å². The highest BCUT2D eigenvalue weighted by molar-refractivity contribution is 6.74. The van der Waals surface area contributed by atoms with E-state index in [0.29, 0.717) is 37.7 Å². The van der Waals surface area contributed by atoms with Gasteiger partial charge in [-0.2, -0.15) is 5.10 Å². The topological polar surface area (TPSA) is 97.2 Å². The van der Waals surface area contributed by atoms with Crippen LogP contribution in [0.2, 0.25) is 18.1 Å². The molecule has 0 amide bonds. The lowest BCUT2D eigenvalue weighted by atomic mass is 10.2. The molecule has 29 heavy (non-hydrogen) atoms. The molecule has 2 aromatic heterocycles. The Bertz CT molecular complexity index is 867. The second-order valence-electron chi connectivity index (χ2n) is 8.68. The van der Waals surface area contributed by atoms with Gasteiger partial charge in [-0.3, -0.25) is 10.1 Å². The molecular weight excluding hydrogens is 390 g/mol. The Morgan fingerprint density at radius 2 is 1.86 bits per heavy atom. The first-order chi connectivity index (χ1) is 13.4. The van der Waals surface area contributed by atoms with Crippen LogP contribution in [0, 0.1) is 24.0 Å². The lowest BCUT2D eigenvalue weighted by Gasteiger charge is -2.36.